The monoisotopic (exact) mass is 407 g/mol. The first-order chi connectivity index (χ1) is 14.0. The van der Waals surface area contributed by atoms with Gasteiger partial charge in [0.05, 0.1) is 25.4 Å². The van der Waals surface area contributed by atoms with E-state index in [0.717, 1.165) is 25.1 Å². The van der Waals surface area contributed by atoms with Crippen LogP contribution in [0.2, 0.25) is 0 Å². The van der Waals surface area contributed by atoms with Crippen molar-refractivity contribution in [2.45, 2.75) is 43.2 Å². The maximum atomic E-state index is 12.6. The van der Waals surface area contributed by atoms with Crippen molar-refractivity contribution in [1.82, 2.24) is 10.2 Å². The van der Waals surface area contributed by atoms with Gasteiger partial charge in [-0.15, -0.1) is 0 Å². The Bertz CT molecular complexity index is 669. The molecule has 0 bridgehead atoms. The molecule has 5 atom stereocenters. The Morgan fingerprint density at radius 3 is 2.66 bits per heavy atom. The highest BCUT2D eigenvalue weighted by atomic mass is 16.5. The van der Waals surface area contributed by atoms with Crippen LogP contribution in [-0.4, -0.2) is 98.9 Å². The van der Waals surface area contributed by atoms with Crippen LogP contribution < -0.4 is 10.2 Å². The van der Waals surface area contributed by atoms with Crippen molar-refractivity contribution in [3.05, 3.63) is 29.8 Å². The minimum absolute atomic E-state index is 0.186. The molecule has 3 N–H and O–H groups in total. The van der Waals surface area contributed by atoms with Gasteiger partial charge in [0.25, 0.3) is 5.91 Å². The molecule has 3 rings (SSSR count). The number of nitrogens with one attached hydrogen (secondary N) is 1. The molecule has 0 spiro atoms. The summed E-state index contributed by atoms with van der Waals surface area (Å²) in [6, 6.07) is 7.30. The number of amides is 1. The van der Waals surface area contributed by atoms with Crippen LogP contribution in [0, 0.1) is 0 Å². The molecule has 1 amide bonds. The predicted molar refractivity (Wildman–Crippen MR) is 110 cm³/mol. The molecule has 0 saturated carbocycles. The molecule has 0 aromatic heterocycles. The zero-order valence-corrected chi connectivity index (χ0v) is 17.5. The molecule has 2 aliphatic heterocycles. The lowest BCUT2D eigenvalue weighted by Crippen LogP contribution is -2.53. The highest BCUT2D eigenvalue weighted by molar-refractivity contribution is 5.94. The quantitative estimate of drug-likeness (QED) is 0.562. The molecule has 1 aromatic rings. The van der Waals surface area contributed by atoms with E-state index in [-0.39, 0.29) is 31.1 Å². The fourth-order valence-electron chi connectivity index (χ4n) is 4.38. The van der Waals surface area contributed by atoms with Crippen molar-refractivity contribution >= 4 is 11.6 Å². The third-order valence-corrected chi connectivity index (χ3v) is 5.92. The number of benzene rings is 1. The van der Waals surface area contributed by atoms with Crippen LogP contribution in [0.15, 0.2) is 24.3 Å². The standard InChI is InChI=1S/C21H33N3O5/c1-23(2)15-8-6-14(7-9-15)21(27)22-11-17-19(20(26)18(12-25)29-17)24-10-4-5-16(24)13-28-3/h6-9,16-20,25-26H,4-5,10-13H2,1-3H3,(H,22,27). The van der Waals surface area contributed by atoms with Gasteiger partial charge in [-0.2, -0.15) is 0 Å². The van der Waals surface area contributed by atoms with E-state index in [0.29, 0.717) is 12.2 Å². The number of carbonyl (C=O) groups excluding carboxylic acids is 1. The highest BCUT2D eigenvalue weighted by Crippen LogP contribution is 2.31. The average molecular weight is 408 g/mol. The van der Waals surface area contributed by atoms with E-state index >= 15 is 0 Å². The maximum absolute atomic E-state index is 12.6. The normalized spacial score (nSPS) is 29.9. The Balaban J connectivity index is 1.66. The number of likely N-dealkylation sites (tertiary alicyclic amines) is 1. The Hall–Kier alpha value is -1.71. The molecule has 8 heteroatoms. The second-order valence-electron chi connectivity index (χ2n) is 8.02. The van der Waals surface area contributed by atoms with Gasteiger partial charge in [0.15, 0.2) is 0 Å². The second kappa shape index (κ2) is 9.86. The number of carbonyl (C=O) groups is 1. The Labute approximate surface area is 172 Å². The van der Waals surface area contributed by atoms with Gasteiger partial charge in [-0.05, 0) is 43.7 Å². The summed E-state index contributed by atoms with van der Waals surface area (Å²) < 4.78 is 11.2. The number of anilines is 1. The first kappa shape index (κ1) is 22.0. The average Bonchev–Trinajstić information content (AvgIpc) is 3.29. The van der Waals surface area contributed by atoms with Crippen LogP contribution in [0.4, 0.5) is 5.69 Å². The van der Waals surface area contributed by atoms with Crippen molar-refractivity contribution in [3.63, 3.8) is 0 Å². The van der Waals surface area contributed by atoms with E-state index in [4.69, 9.17) is 9.47 Å². The first-order valence-electron chi connectivity index (χ1n) is 10.2. The summed E-state index contributed by atoms with van der Waals surface area (Å²) in [5, 5.41) is 23.3. The molecule has 0 radical (unpaired) electrons. The molecular formula is C21H33N3O5. The van der Waals surface area contributed by atoms with Crippen LogP contribution in [0.5, 0.6) is 0 Å². The second-order valence-corrected chi connectivity index (χ2v) is 8.02. The van der Waals surface area contributed by atoms with Crippen LogP contribution in [0.25, 0.3) is 0 Å². The topological polar surface area (TPSA) is 94.5 Å². The molecule has 2 aliphatic rings. The number of hydrogen-bond donors (Lipinski definition) is 3. The minimum atomic E-state index is -0.807. The fraction of sp³-hybridized carbons (Fsp3) is 0.667. The molecule has 2 fully saturated rings. The molecular weight excluding hydrogens is 374 g/mol. The Kier molecular flexibility index (Phi) is 7.48. The molecule has 2 heterocycles. The number of ether oxygens (including phenoxy) is 2. The van der Waals surface area contributed by atoms with Crippen LogP contribution in [0.3, 0.4) is 0 Å². The summed E-state index contributed by atoms with van der Waals surface area (Å²) in [5.74, 6) is -0.186. The van der Waals surface area contributed by atoms with E-state index in [1.807, 2.05) is 31.1 Å². The molecule has 29 heavy (non-hydrogen) atoms. The number of aliphatic hydroxyl groups excluding tert-OH is 2. The maximum Gasteiger partial charge on any atom is 0.251 e. The number of rotatable bonds is 8. The Morgan fingerprint density at radius 1 is 1.31 bits per heavy atom. The van der Waals surface area contributed by atoms with Gasteiger partial charge in [-0.3, -0.25) is 9.69 Å². The lowest BCUT2D eigenvalue weighted by Gasteiger charge is -2.34. The van der Waals surface area contributed by atoms with Gasteiger partial charge < -0.3 is 29.9 Å². The van der Waals surface area contributed by atoms with E-state index in [2.05, 4.69) is 10.2 Å². The number of aliphatic hydroxyl groups is 2. The zero-order chi connectivity index (χ0) is 21.0. The van der Waals surface area contributed by atoms with Crippen LogP contribution in [0.1, 0.15) is 23.2 Å². The molecule has 5 unspecified atom stereocenters. The van der Waals surface area contributed by atoms with Gasteiger partial charge in [0.1, 0.15) is 12.2 Å². The molecule has 162 valence electrons. The van der Waals surface area contributed by atoms with Crippen molar-refractivity contribution < 1.29 is 24.5 Å². The van der Waals surface area contributed by atoms with Gasteiger partial charge in [0, 0.05) is 45.0 Å². The third-order valence-electron chi connectivity index (χ3n) is 5.92. The summed E-state index contributed by atoms with van der Waals surface area (Å²) in [6.45, 7) is 1.44. The summed E-state index contributed by atoms with van der Waals surface area (Å²) in [5.41, 5.74) is 1.59. The lowest BCUT2D eigenvalue weighted by atomic mass is 10.0. The van der Waals surface area contributed by atoms with Crippen LogP contribution >= 0.6 is 0 Å². The first-order valence-corrected chi connectivity index (χ1v) is 10.2. The minimum Gasteiger partial charge on any atom is -0.394 e. The summed E-state index contributed by atoms with van der Waals surface area (Å²) in [6.07, 6.45) is 0.171. The van der Waals surface area contributed by atoms with E-state index < -0.39 is 18.3 Å². The number of nitrogens with zero attached hydrogens (tertiary/aromatic N) is 2. The van der Waals surface area contributed by atoms with E-state index in [1.54, 1.807) is 19.2 Å². The lowest BCUT2D eigenvalue weighted by molar-refractivity contribution is -0.0209. The smallest absolute Gasteiger partial charge is 0.251 e. The molecule has 2 saturated heterocycles. The largest absolute Gasteiger partial charge is 0.394 e. The summed E-state index contributed by atoms with van der Waals surface area (Å²) >= 11 is 0. The molecule has 0 aliphatic carbocycles. The SMILES string of the molecule is COCC1CCCN1C1C(CNC(=O)c2ccc(N(C)C)cc2)OC(CO)C1O. The van der Waals surface area contributed by atoms with Gasteiger partial charge in [-0.1, -0.05) is 0 Å². The van der Waals surface area contributed by atoms with Crippen molar-refractivity contribution in [3.8, 4) is 0 Å². The predicted octanol–water partition coefficient (Wildman–Crippen LogP) is 0.0824. The van der Waals surface area contributed by atoms with Crippen LogP contribution in [-0.2, 0) is 9.47 Å². The molecule has 1 aromatic carbocycles. The summed E-state index contributed by atoms with van der Waals surface area (Å²) in [4.78, 5) is 16.8. The third kappa shape index (κ3) is 4.90. The van der Waals surface area contributed by atoms with E-state index in [9.17, 15) is 15.0 Å². The zero-order valence-electron chi connectivity index (χ0n) is 17.5. The van der Waals surface area contributed by atoms with Gasteiger partial charge in [0.2, 0.25) is 0 Å². The molecule has 8 nitrogen and oxygen atoms in total. The summed E-state index contributed by atoms with van der Waals surface area (Å²) in [7, 11) is 5.57. The van der Waals surface area contributed by atoms with Crippen molar-refractivity contribution in [2.24, 2.45) is 0 Å². The van der Waals surface area contributed by atoms with Gasteiger partial charge in [-0.25, -0.2) is 0 Å². The number of hydrogen-bond acceptors (Lipinski definition) is 7. The fourth-order valence-corrected chi connectivity index (χ4v) is 4.38. The van der Waals surface area contributed by atoms with Crippen molar-refractivity contribution in [1.29, 1.82) is 0 Å². The van der Waals surface area contributed by atoms with Gasteiger partial charge >= 0.3 is 0 Å². The number of methoxy groups -OCH3 is 1. The Morgan fingerprint density at radius 2 is 2.03 bits per heavy atom. The van der Waals surface area contributed by atoms with E-state index in [1.165, 1.54) is 0 Å². The highest BCUT2D eigenvalue weighted by Gasteiger charge is 2.48. The van der Waals surface area contributed by atoms with Crippen molar-refractivity contribution in [2.75, 3.05) is 52.4 Å².